The molecule has 0 aliphatic rings. The molecule has 0 N–H and O–H groups in total. The van der Waals surface area contributed by atoms with Crippen LogP contribution in [0.5, 0.6) is 0 Å². The van der Waals surface area contributed by atoms with Crippen LogP contribution in [-0.4, -0.2) is 29.0 Å². The van der Waals surface area contributed by atoms with Crippen molar-refractivity contribution in [2.24, 2.45) is 0 Å². The maximum absolute atomic E-state index is 6.50. The molecule has 0 aliphatic heterocycles. The highest BCUT2D eigenvalue weighted by Crippen LogP contribution is 2.44. The van der Waals surface area contributed by atoms with E-state index >= 15 is 0 Å². The van der Waals surface area contributed by atoms with Crippen molar-refractivity contribution in [2.75, 3.05) is 0 Å². The van der Waals surface area contributed by atoms with Gasteiger partial charge in [-0.1, -0.05) is 66.9 Å². The van der Waals surface area contributed by atoms with Gasteiger partial charge < -0.3 is 8.66 Å². The summed E-state index contributed by atoms with van der Waals surface area (Å²) in [6.45, 7) is 31.3. The van der Waals surface area contributed by atoms with Crippen LogP contribution in [0.3, 0.4) is 0 Å². The fraction of sp³-hybridized carbons (Fsp3) is 0.895. The van der Waals surface area contributed by atoms with Crippen molar-refractivity contribution < 1.29 is 4.43 Å². The molecule has 0 aromatic carbocycles. The van der Waals surface area contributed by atoms with Crippen molar-refractivity contribution in [1.82, 2.24) is 4.23 Å². The van der Waals surface area contributed by atoms with Crippen LogP contribution < -0.4 is 0 Å². The van der Waals surface area contributed by atoms with Gasteiger partial charge in [0.15, 0.2) is 0 Å². The molecule has 0 unspecified atom stereocenters. The van der Waals surface area contributed by atoms with E-state index in [1.54, 1.807) is 0 Å². The average molecular weight is 388 g/mol. The highest BCUT2D eigenvalue weighted by atomic mass is 28.4. The molecular formula is C19H45NOSi3. The van der Waals surface area contributed by atoms with Gasteiger partial charge in [0.1, 0.15) is 16.5 Å². The van der Waals surface area contributed by atoms with Crippen molar-refractivity contribution >= 4 is 24.8 Å². The van der Waals surface area contributed by atoms with Crippen LogP contribution in [0.25, 0.3) is 0 Å². The van der Waals surface area contributed by atoms with E-state index in [1.165, 1.54) is 24.3 Å². The lowest BCUT2D eigenvalue weighted by Crippen LogP contribution is -2.63. The van der Waals surface area contributed by atoms with Gasteiger partial charge in [0, 0.05) is 5.70 Å². The minimum atomic E-state index is -1.65. The Morgan fingerprint density at radius 2 is 1.38 bits per heavy atom. The summed E-state index contributed by atoms with van der Waals surface area (Å²) in [5, 5.41) is 0.337. The highest BCUT2D eigenvalue weighted by Gasteiger charge is 2.47. The minimum Gasteiger partial charge on any atom is -0.546 e. The molecule has 0 aromatic heterocycles. The second-order valence-corrected chi connectivity index (χ2v) is 25.4. The van der Waals surface area contributed by atoms with Gasteiger partial charge in [-0.15, -0.1) is 0 Å². The fourth-order valence-electron chi connectivity index (χ4n) is 3.22. The van der Waals surface area contributed by atoms with E-state index in [2.05, 4.69) is 91.2 Å². The molecule has 0 saturated carbocycles. The van der Waals surface area contributed by atoms with Gasteiger partial charge in [0.05, 0.1) is 5.76 Å². The Morgan fingerprint density at radius 3 is 1.67 bits per heavy atom. The van der Waals surface area contributed by atoms with Gasteiger partial charge in [-0.25, -0.2) is 0 Å². The molecule has 0 rings (SSSR count). The molecule has 0 aliphatic carbocycles. The zero-order valence-electron chi connectivity index (χ0n) is 19.0. The lowest BCUT2D eigenvalue weighted by molar-refractivity contribution is 0.397. The van der Waals surface area contributed by atoms with Crippen molar-refractivity contribution in [3.63, 3.8) is 0 Å². The summed E-state index contributed by atoms with van der Waals surface area (Å²) in [4.78, 5) is 0. The summed E-state index contributed by atoms with van der Waals surface area (Å²) in [6.07, 6.45) is 3.64. The number of hydrogen-bond donors (Lipinski definition) is 0. The zero-order valence-corrected chi connectivity index (χ0v) is 22.0. The Labute approximate surface area is 156 Å². The summed E-state index contributed by atoms with van der Waals surface area (Å²) in [7, 11) is -4.74. The van der Waals surface area contributed by atoms with Crippen LogP contribution in [0.15, 0.2) is 11.5 Å². The molecule has 0 spiro atoms. The van der Waals surface area contributed by atoms with Gasteiger partial charge in [-0.05, 0) is 44.4 Å². The standard InChI is InChI=1S/C19H45NOSi3/c1-14-15-16-18(17(2)21-23(9,10)11)20(22(6,7)8)24(12,13)19(3,4)5/h14-16H2,1-13H3/b18-17-. The Morgan fingerprint density at radius 1 is 0.917 bits per heavy atom. The van der Waals surface area contributed by atoms with Gasteiger partial charge in [-0.2, -0.15) is 0 Å². The predicted molar refractivity (Wildman–Crippen MR) is 119 cm³/mol. The Kier molecular flexibility index (Phi) is 8.12. The van der Waals surface area contributed by atoms with E-state index < -0.39 is 24.8 Å². The Bertz CT molecular complexity index is 437. The van der Waals surface area contributed by atoms with Crippen LogP contribution in [0.1, 0.15) is 53.9 Å². The number of hydrogen-bond acceptors (Lipinski definition) is 2. The molecule has 0 saturated heterocycles. The first kappa shape index (κ1) is 24.0. The van der Waals surface area contributed by atoms with Crippen molar-refractivity contribution in [3.05, 3.63) is 11.5 Å². The number of unbranched alkanes of at least 4 members (excludes halogenated alkanes) is 1. The molecule has 5 heteroatoms. The third-order valence-corrected chi connectivity index (χ3v) is 16.2. The fourth-order valence-corrected chi connectivity index (χ4v) is 14.7. The van der Waals surface area contributed by atoms with Gasteiger partial charge in [-0.3, -0.25) is 0 Å². The maximum Gasteiger partial charge on any atom is 0.241 e. The first-order valence-corrected chi connectivity index (χ1v) is 19.4. The summed E-state index contributed by atoms with van der Waals surface area (Å²) in [6, 6.07) is 0. The molecule has 0 fully saturated rings. The molecule has 0 amide bonds. The predicted octanol–water partition coefficient (Wildman–Crippen LogP) is 7.40. The van der Waals surface area contributed by atoms with E-state index in [0.29, 0.717) is 5.04 Å². The first-order valence-electron chi connectivity index (χ1n) is 9.64. The highest BCUT2D eigenvalue weighted by molar-refractivity contribution is 6.92. The van der Waals surface area contributed by atoms with Crippen molar-refractivity contribution in [1.29, 1.82) is 0 Å². The largest absolute Gasteiger partial charge is 0.546 e. The summed E-state index contributed by atoms with van der Waals surface area (Å²) < 4.78 is 9.42. The molecule has 24 heavy (non-hydrogen) atoms. The monoisotopic (exact) mass is 387 g/mol. The lowest BCUT2D eigenvalue weighted by atomic mass is 10.2. The molecule has 0 heterocycles. The summed E-state index contributed by atoms with van der Waals surface area (Å²) >= 11 is 0. The van der Waals surface area contributed by atoms with Gasteiger partial charge in [0.2, 0.25) is 8.32 Å². The SMILES string of the molecule is CCCC/C(=C(\C)O[Si](C)(C)C)N([Si](C)(C)C)[Si](C)(C)C(C)(C)C. The van der Waals surface area contributed by atoms with Crippen LogP contribution in [0, 0.1) is 0 Å². The minimum absolute atomic E-state index is 0.337. The molecule has 0 radical (unpaired) electrons. The van der Waals surface area contributed by atoms with E-state index in [-0.39, 0.29) is 0 Å². The second kappa shape index (κ2) is 8.13. The van der Waals surface area contributed by atoms with Crippen molar-refractivity contribution in [3.8, 4) is 0 Å². The van der Waals surface area contributed by atoms with Crippen LogP contribution in [0.4, 0.5) is 0 Å². The molecule has 0 aromatic rings. The quantitative estimate of drug-likeness (QED) is 0.317. The van der Waals surface area contributed by atoms with E-state index in [0.717, 1.165) is 6.42 Å². The number of allylic oxidation sites excluding steroid dienone is 2. The lowest BCUT2D eigenvalue weighted by Gasteiger charge is -2.55. The normalized spacial score (nSPS) is 15.2. The van der Waals surface area contributed by atoms with E-state index in [9.17, 15) is 0 Å². The first-order chi connectivity index (χ1) is 10.4. The third-order valence-electron chi connectivity index (χ3n) is 4.97. The summed E-state index contributed by atoms with van der Waals surface area (Å²) in [5.74, 6) is 1.20. The van der Waals surface area contributed by atoms with Crippen molar-refractivity contribution in [2.45, 2.75) is 111 Å². The van der Waals surface area contributed by atoms with Crippen LogP contribution in [0.2, 0.25) is 57.4 Å². The Balaban J connectivity index is 6.28. The zero-order chi connectivity index (χ0) is 19.6. The number of nitrogens with zero attached hydrogens (tertiary/aromatic N) is 1. The van der Waals surface area contributed by atoms with Gasteiger partial charge >= 0.3 is 0 Å². The van der Waals surface area contributed by atoms with E-state index in [4.69, 9.17) is 4.43 Å². The smallest absolute Gasteiger partial charge is 0.241 e. The molecule has 0 atom stereocenters. The number of rotatable bonds is 8. The Hall–Kier alpha value is -0.00935. The van der Waals surface area contributed by atoms with Crippen LogP contribution >= 0.6 is 0 Å². The third kappa shape index (κ3) is 6.71. The average Bonchev–Trinajstić information content (AvgIpc) is 2.28. The van der Waals surface area contributed by atoms with Crippen LogP contribution in [-0.2, 0) is 4.43 Å². The second-order valence-electron chi connectivity index (χ2n) is 10.6. The van der Waals surface area contributed by atoms with Gasteiger partial charge in [0.25, 0.3) is 0 Å². The molecule has 144 valence electrons. The topological polar surface area (TPSA) is 12.5 Å². The van der Waals surface area contributed by atoms with E-state index in [1.807, 2.05) is 0 Å². The molecular weight excluding hydrogens is 342 g/mol. The molecule has 0 bridgehead atoms. The summed E-state index contributed by atoms with van der Waals surface area (Å²) in [5.41, 5.74) is 1.52. The maximum atomic E-state index is 6.50. The molecule has 2 nitrogen and oxygen atoms in total.